The number of anilines is 1. The van der Waals surface area contributed by atoms with Gasteiger partial charge < -0.3 is 24.3 Å². The molecule has 2 N–H and O–H groups in total. The molecular formula is C30H30N4O3. The zero-order chi connectivity index (χ0) is 25.5. The smallest absolute Gasteiger partial charge is 0.236 e. The highest BCUT2D eigenvalue weighted by molar-refractivity contribution is 6.05. The summed E-state index contributed by atoms with van der Waals surface area (Å²) in [5, 5.41) is 15.5. The Bertz CT molecular complexity index is 1600. The van der Waals surface area contributed by atoms with Gasteiger partial charge in [-0.2, -0.15) is 0 Å². The van der Waals surface area contributed by atoms with Gasteiger partial charge in [-0.3, -0.25) is 4.79 Å². The van der Waals surface area contributed by atoms with Crippen molar-refractivity contribution >= 4 is 33.4 Å². The first kappa shape index (κ1) is 23.3. The third kappa shape index (κ3) is 4.05. The Kier molecular flexibility index (Phi) is 5.93. The molecule has 0 aliphatic carbocycles. The van der Waals surface area contributed by atoms with Crippen LogP contribution in [0.1, 0.15) is 31.4 Å². The van der Waals surface area contributed by atoms with Crippen molar-refractivity contribution in [2.45, 2.75) is 25.8 Å². The van der Waals surface area contributed by atoms with Gasteiger partial charge in [-0.15, -0.1) is 0 Å². The molecule has 0 bridgehead atoms. The number of nitrogens with one attached hydrogen (secondary N) is 1. The lowest BCUT2D eigenvalue weighted by atomic mass is 9.86. The van der Waals surface area contributed by atoms with Crippen molar-refractivity contribution in [3.8, 4) is 17.1 Å². The Morgan fingerprint density at radius 3 is 2.62 bits per heavy atom. The Morgan fingerprint density at radius 2 is 1.86 bits per heavy atom. The van der Waals surface area contributed by atoms with E-state index in [4.69, 9.17) is 4.74 Å². The average molecular weight is 495 g/mol. The van der Waals surface area contributed by atoms with Crippen LogP contribution in [-0.4, -0.2) is 38.3 Å². The van der Waals surface area contributed by atoms with E-state index in [-0.39, 0.29) is 17.8 Å². The molecule has 1 amide bonds. The molecule has 0 radical (unpaired) electrons. The van der Waals surface area contributed by atoms with E-state index in [1.165, 1.54) is 12.5 Å². The van der Waals surface area contributed by atoms with E-state index in [2.05, 4.69) is 63.5 Å². The second-order valence-electron chi connectivity index (χ2n) is 9.81. The molecular weight excluding hydrogens is 464 g/mol. The highest BCUT2D eigenvalue weighted by Gasteiger charge is 2.31. The van der Waals surface area contributed by atoms with Crippen LogP contribution in [0.3, 0.4) is 0 Å². The van der Waals surface area contributed by atoms with Gasteiger partial charge in [-0.1, -0.05) is 36.4 Å². The van der Waals surface area contributed by atoms with E-state index < -0.39 is 0 Å². The van der Waals surface area contributed by atoms with E-state index in [0.717, 1.165) is 59.3 Å². The summed E-state index contributed by atoms with van der Waals surface area (Å²) in [4.78, 5) is 16.2. The molecule has 2 aromatic carbocycles. The number of nitrogens with zero attached hydrogens (tertiary/aromatic N) is 3. The van der Waals surface area contributed by atoms with Crippen LogP contribution >= 0.6 is 0 Å². The molecule has 7 nitrogen and oxygen atoms in total. The van der Waals surface area contributed by atoms with Gasteiger partial charge >= 0.3 is 0 Å². The third-order valence-electron chi connectivity index (χ3n) is 7.47. The van der Waals surface area contributed by atoms with Gasteiger partial charge in [0, 0.05) is 55.9 Å². The SMILES string of the molecule is CC(=O)Nc1cccc2c1cc(-c1cn(C)c3c(O)nccc13)n2[C@@H](c1ccccc1)C1CCOCC1. The summed E-state index contributed by atoms with van der Waals surface area (Å²) >= 11 is 0. The normalized spacial score (nSPS) is 15.3. The molecule has 0 spiro atoms. The number of carbonyl (C=O) groups is 1. The quantitative estimate of drug-likeness (QED) is 0.320. The zero-order valence-corrected chi connectivity index (χ0v) is 21.0. The van der Waals surface area contributed by atoms with Crippen LogP contribution < -0.4 is 5.32 Å². The van der Waals surface area contributed by atoms with Gasteiger partial charge in [0.05, 0.1) is 22.9 Å². The van der Waals surface area contributed by atoms with Gasteiger partial charge in [0.25, 0.3) is 0 Å². The number of ether oxygens (including phenoxy) is 1. The van der Waals surface area contributed by atoms with Gasteiger partial charge in [0.2, 0.25) is 11.8 Å². The maximum atomic E-state index is 12.1. The highest BCUT2D eigenvalue weighted by atomic mass is 16.5. The summed E-state index contributed by atoms with van der Waals surface area (Å²) in [5.74, 6) is 0.281. The Hall–Kier alpha value is -4.10. The molecule has 37 heavy (non-hydrogen) atoms. The van der Waals surface area contributed by atoms with E-state index in [0.29, 0.717) is 11.4 Å². The number of pyridine rings is 1. The summed E-state index contributed by atoms with van der Waals surface area (Å²) in [6.45, 7) is 3.02. The largest absolute Gasteiger partial charge is 0.492 e. The van der Waals surface area contributed by atoms with E-state index >= 15 is 0 Å². The Labute approximate surface area is 215 Å². The molecule has 4 heterocycles. The number of carbonyl (C=O) groups excluding carboxylic acids is 1. The number of aryl methyl sites for hydroxylation is 1. The van der Waals surface area contributed by atoms with E-state index in [9.17, 15) is 9.90 Å². The third-order valence-corrected chi connectivity index (χ3v) is 7.47. The fourth-order valence-electron chi connectivity index (χ4n) is 5.91. The Morgan fingerprint density at radius 1 is 1.08 bits per heavy atom. The summed E-state index contributed by atoms with van der Waals surface area (Å²) in [6, 6.07) is 20.9. The molecule has 0 unspecified atom stereocenters. The van der Waals surface area contributed by atoms with Crippen molar-refractivity contribution < 1.29 is 14.6 Å². The second kappa shape index (κ2) is 9.41. The lowest BCUT2D eigenvalue weighted by Gasteiger charge is -2.34. The maximum absolute atomic E-state index is 12.1. The highest BCUT2D eigenvalue weighted by Crippen LogP contribution is 2.44. The second-order valence-corrected chi connectivity index (χ2v) is 9.81. The molecule has 3 aromatic heterocycles. The summed E-state index contributed by atoms with van der Waals surface area (Å²) in [7, 11) is 1.93. The van der Waals surface area contributed by atoms with Crippen molar-refractivity contribution in [1.82, 2.24) is 14.1 Å². The van der Waals surface area contributed by atoms with Crippen molar-refractivity contribution in [2.24, 2.45) is 13.0 Å². The zero-order valence-electron chi connectivity index (χ0n) is 21.0. The number of hydrogen-bond donors (Lipinski definition) is 2. The molecule has 5 aromatic rings. The number of fused-ring (bicyclic) bond motifs is 2. The minimum absolute atomic E-state index is 0.0110. The number of aromatic hydroxyl groups is 1. The molecule has 1 aliphatic rings. The van der Waals surface area contributed by atoms with Gasteiger partial charge in [-0.25, -0.2) is 4.98 Å². The molecule has 0 saturated carbocycles. The van der Waals surface area contributed by atoms with Gasteiger partial charge in [0.15, 0.2) is 0 Å². The fraction of sp³-hybridized carbons (Fsp3) is 0.267. The number of hydrogen-bond acceptors (Lipinski definition) is 4. The number of amides is 1. The fourth-order valence-corrected chi connectivity index (χ4v) is 5.91. The van der Waals surface area contributed by atoms with Crippen LogP contribution in [-0.2, 0) is 16.6 Å². The van der Waals surface area contributed by atoms with Crippen molar-refractivity contribution in [2.75, 3.05) is 18.5 Å². The minimum Gasteiger partial charge on any atom is -0.492 e. The standard InChI is InChI=1S/C30H30N4O3/c1-19(35)32-25-9-6-10-26-23(25)17-27(24-18-33(2)29-22(24)11-14-31-30(29)36)34(26)28(20-7-4-3-5-8-20)21-12-15-37-16-13-21/h3-11,14,17-18,21,28H,12-13,15-16H2,1-2H3,(H,31,36)(H,32,35)/t28-/m0/s1. The van der Waals surface area contributed by atoms with Crippen LogP contribution in [0.4, 0.5) is 5.69 Å². The first-order valence-electron chi connectivity index (χ1n) is 12.7. The first-order valence-corrected chi connectivity index (χ1v) is 12.7. The number of rotatable bonds is 5. The monoisotopic (exact) mass is 494 g/mol. The summed E-state index contributed by atoms with van der Waals surface area (Å²) in [5.41, 5.74) is 5.81. The number of aromatic nitrogens is 3. The molecule has 7 heteroatoms. The maximum Gasteiger partial charge on any atom is 0.236 e. The van der Waals surface area contributed by atoms with Crippen LogP contribution in [0.25, 0.3) is 33.1 Å². The summed E-state index contributed by atoms with van der Waals surface area (Å²) in [6.07, 6.45) is 5.62. The van der Waals surface area contributed by atoms with E-state index in [1.807, 2.05) is 29.8 Å². The van der Waals surface area contributed by atoms with Crippen LogP contribution in [0.2, 0.25) is 0 Å². The topological polar surface area (TPSA) is 81.3 Å². The minimum atomic E-state index is -0.105. The van der Waals surface area contributed by atoms with Crippen LogP contribution in [0.15, 0.2) is 73.1 Å². The van der Waals surface area contributed by atoms with Gasteiger partial charge in [-0.05, 0) is 48.6 Å². The van der Waals surface area contributed by atoms with E-state index in [1.54, 1.807) is 6.20 Å². The van der Waals surface area contributed by atoms with Crippen molar-refractivity contribution in [1.29, 1.82) is 0 Å². The molecule has 1 fully saturated rings. The predicted molar refractivity (Wildman–Crippen MR) is 146 cm³/mol. The number of benzene rings is 2. The van der Waals surface area contributed by atoms with Gasteiger partial charge in [0.1, 0.15) is 5.52 Å². The molecule has 188 valence electrons. The lowest BCUT2D eigenvalue weighted by molar-refractivity contribution is -0.114. The molecule has 6 rings (SSSR count). The van der Waals surface area contributed by atoms with Crippen molar-refractivity contribution in [3.63, 3.8) is 0 Å². The first-order chi connectivity index (χ1) is 18.0. The Balaban J connectivity index is 1.69. The average Bonchev–Trinajstić information content (AvgIpc) is 3.45. The van der Waals surface area contributed by atoms with Crippen molar-refractivity contribution in [3.05, 3.63) is 78.6 Å². The summed E-state index contributed by atoms with van der Waals surface area (Å²) < 4.78 is 10.1. The molecule has 1 saturated heterocycles. The lowest BCUT2D eigenvalue weighted by Crippen LogP contribution is -2.27. The molecule has 1 aliphatic heterocycles. The van der Waals surface area contributed by atoms with Crippen LogP contribution in [0, 0.1) is 5.92 Å². The predicted octanol–water partition coefficient (Wildman–Crippen LogP) is 5.88. The van der Waals surface area contributed by atoms with Crippen LogP contribution in [0.5, 0.6) is 5.88 Å². The molecule has 1 atom stereocenters.